The Morgan fingerprint density at radius 3 is 2.42 bits per heavy atom. The van der Waals surface area contributed by atoms with E-state index in [2.05, 4.69) is 0 Å². The summed E-state index contributed by atoms with van der Waals surface area (Å²) in [6.45, 7) is 2.98. The van der Waals surface area contributed by atoms with Crippen molar-refractivity contribution in [2.24, 2.45) is 11.7 Å². The number of hydrogen-bond acceptors (Lipinski definition) is 2. The maximum atomic E-state index is 10.1. The minimum atomic E-state index is -0.682. The minimum Gasteiger partial charge on any atom is -0.382 e. The van der Waals surface area contributed by atoms with Crippen LogP contribution in [0.1, 0.15) is 12.8 Å². The molecule has 0 aromatic heterocycles. The molecule has 70 valence electrons. The fourth-order valence-electron chi connectivity index (χ4n) is 2.58. The number of quaternary nitrogens is 1. The largest absolute Gasteiger partial charge is 0.382 e. The van der Waals surface area contributed by atoms with Gasteiger partial charge in [-0.05, 0) is 0 Å². The number of nitrogens with two attached hydrogens (primary N) is 1. The van der Waals surface area contributed by atoms with Gasteiger partial charge in [0.05, 0.1) is 13.1 Å². The van der Waals surface area contributed by atoms with E-state index in [9.17, 15) is 5.11 Å². The predicted octanol–water partition coefficient (Wildman–Crippen LogP) is 0.0704. The van der Waals surface area contributed by atoms with Crippen molar-refractivity contribution in [3.8, 4) is 0 Å². The molecule has 3 nitrogen and oxygen atoms in total. The van der Waals surface area contributed by atoms with E-state index >= 15 is 0 Å². The van der Waals surface area contributed by atoms with Crippen molar-refractivity contribution in [1.82, 2.24) is 0 Å². The predicted molar refractivity (Wildman–Crippen MR) is 47.4 cm³/mol. The summed E-state index contributed by atoms with van der Waals surface area (Å²) in [5, 5.41) is 10.1. The molecule has 4 heteroatoms. The fourth-order valence-corrected chi connectivity index (χ4v) is 2.98. The van der Waals surface area contributed by atoms with Crippen molar-refractivity contribution in [3.63, 3.8) is 0 Å². The molecule has 0 radical (unpaired) electrons. The molecule has 3 aliphatic rings. The third-order valence-electron chi connectivity index (χ3n) is 3.43. The molecule has 0 saturated carbocycles. The van der Waals surface area contributed by atoms with Gasteiger partial charge in [0.15, 0.2) is 11.8 Å². The molecule has 12 heavy (non-hydrogen) atoms. The first-order chi connectivity index (χ1) is 5.58. The molecule has 3 saturated heterocycles. The van der Waals surface area contributed by atoms with Crippen molar-refractivity contribution in [2.45, 2.75) is 18.4 Å². The summed E-state index contributed by atoms with van der Waals surface area (Å²) in [6, 6.07) is 0. The third kappa shape index (κ3) is 1.16. The van der Waals surface area contributed by atoms with Crippen LogP contribution in [0, 0.1) is 5.92 Å². The number of aliphatic hydroxyl groups is 1. The number of hydrogen-bond donors (Lipinski definition) is 2. The van der Waals surface area contributed by atoms with Crippen molar-refractivity contribution in [2.75, 3.05) is 26.2 Å². The number of rotatable bonds is 1. The molecule has 0 amide bonds. The van der Waals surface area contributed by atoms with Crippen LogP contribution in [0.2, 0.25) is 0 Å². The molecule has 0 spiro atoms. The van der Waals surface area contributed by atoms with Crippen LogP contribution in [0.15, 0.2) is 0 Å². The van der Waals surface area contributed by atoms with Crippen LogP contribution >= 0.6 is 11.8 Å². The van der Waals surface area contributed by atoms with Crippen molar-refractivity contribution in [1.29, 1.82) is 0 Å². The van der Waals surface area contributed by atoms with E-state index in [0.29, 0.717) is 23.0 Å². The highest BCUT2D eigenvalue weighted by molar-refractivity contribution is 6.06. The van der Waals surface area contributed by atoms with Gasteiger partial charge in [0, 0.05) is 25.3 Å². The smallest absolute Gasteiger partial charge is 0.165 e. The Morgan fingerprint density at radius 1 is 1.50 bits per heavy atom. The Balaban J connectivity index is 2.21. The molecule has 0 aliphatic carbocycles. The summed E-state index contributed by atoms with van der Waals surface area (Å²) in [7, 11) is 0. The zero-order valence-electron chi connectivity index (χ0n) is 7.17. The van der Waals surface area contributed by atoms with Gasteiger partial charge in [-0.3, -0.25) is 0 Å². The molecule has 1 unspecified atom stereocenters. The van der Waals surface area contributed by atoms with Crippen LogP contribution in [-0.4, -0.2) is 40.9 Å². The highest BCUT2D eigenvalue weighted by Gasteiger charge is 2.53. The lowest BCUT2D eigenvalue weighted by molar-refractivity contribution is -0.844. The topological polar surface area (TPSA) is 46.2 Å². The molecule has 0 aromatic rings. The second-order valence-corrected chi connectivity index (χ2v) is 4.93. The number of piperidine rings is 3. The van der Waals surface area contributed by atoms with Gasteiger partial charge in [0.1, 0.15) is 12.1 Å². The Labute approximate surface area is 77.8 Å². The van der Waals surface area contributed by atoms with Crippen LogP contribution in [0.25, 0.3) is 0 Å². The first-order valence-electron chi connectivity index (χ1n) is 4.56. The average Bonchev–Trinajstić information content (AvgIpc) is 2.04. The van der Waals surface area contributed by atoms with Gasteiger partial charge >= 0.3 is 0 Å². The van der Waals surface area contributed by atoms with Crippen LogP contribution in [-0.2, 0) is 0 Å². The molecule has 2 bridgehead atoms. The number of halogens is 1. The van der Waals surface area contributed by atoms with E-state index in [1.165, 1.54) is 0 Å². The molecule has 0 aromatic carbocycles. The molecule has 1 atom stereocenters. The van der Waals surface area contributed by atoms with E-state index in [1.807, 2.05) is 0 Å². The lowest BCUT2D eigenvalue weighted by atomic mass is 9.75. The van der Waals surface area contributed by atoms with Crippen molar-refractivity contribution < 1.29 is 9.11 Å². The summed E-state index contributed by atoms with van der Waals surface area (Å²) in [5.41, 5.74) is 4.88. The standard InChI is InChI=1S/C8H16ClN2O/c9-11-3-1-7(2-4-11)8(12,5-10)6-11/h7,12H,1-6,10H2/q+1. The van der Waals surface area contributed by atoms with E-state index in [4.69, 9.17) is 17.5 Å². The first kappa shape index (κ1) is 8.75. The lowest BCUT2D eigenvalue weighted by Crippen LogP contribution is -2.67. The zero-order valence-corrected chi connectivity index (χ0v) is 7.93. The minimum absolute atomic E-state index is 0.352. The van der Waals surface area contributed by atoms with E-state index < -0.39 is 5.60 Å². The quantitative estimate of drug-likeness (QED) is 0.577. The van der Waals surface area contributed by atoms with Crippen molar-refractivity contribution in [3.05, 3.63) is 0 Å². The second kappa shape index (κ2) is 2.58. The van der Waals surface area contributed by atoms with Gasteiger partial charge in [-0.15, -0.1) is 0 Å². The molecule has 3 aliphatic heterocycles. The summed E-state index contributed by atoms with van der Waals surface area (Å²) in [6.07, 6.45) is 2.05. The van der Waals surface area contributed by atoms with Gasteiger partial charge in [0.25, 0.3) is 0 Å². The number of fused-ring (bicyclic) bond motifs is 3. The van der Waals surface area contributed by atoms with E-state index in [1.54, 1.807) is 0 Å². The molecular formula is C8H16ClN2O+. The summed E-state index contributed by atoms with van der Waals surface area (Å²) >= 11 is 6.28. The van der Waals surface area contributed by atoms with Crippen molar-refractivity contribution >= 4 is 11.8 Å². The van der Waals surface area contributed by atoms with Crippen LogP contribution in [0.4, 0.5) is 0 Å². The molecular weight excluding hydrogens is 176 g/mol. The summed E-state index contributed by atoms with van der Waals surface area (Å²) in [4.78, 5) is 0. The van der Waals surface area contributed by atoms with Gasteiger partial charge in [-0.25, -0.2) is 4.00 Å². The van der Waals surface area contributed by atoms with Gasteiger partial charge in [0.2, 0.25) is 0 Å². The highest BCUT2D eigenvalue weighted by Crippen LogP contribution is 2.41. The maximum Gasteiger partial charge on any atom is 0.165 e. The fraction of sp³-hybridized carbons (Fsp3) is 1.00. The lowest BCUT2D eigenvalue weighted by Gasteiger charge is -2.51. The first-order valence-corrected chi connectivity index (χ1v) is 4.90. The Morgan fingerprint density at radius 2 is 2.08 bits per heavy atom. The Bertz CT molecular complexity index is 191. The highest BCUT2D eigenvalue weighted by atomic mass is 35.5. The van der Waals surface area contributed by atoms with Crippen LogP contribution < -0.4 is 5.73 Å². The van der Waals surface area contributed by atoms with Gasteiger partial charge in [-0.2, -0.15) is 0 Å². The zero-order chi connectivity index (χ0) is 8.82. The monoisotopic (exact) mass is 191 g/mol. The Kier molecular flexibility index (Phi) is 1.88. The van der Waals surface area contributed by atoms with Crippen LogP contribution in [0.5, 0.6) is 0 Å². The maximum absolute atomic E-state index is 10.1. The summed E-state index contributed by atoms with van der Waals surface area (Å²) in [5.74, 6) is 0.390. The molecule has 3 N–H and O–H groups in total. The molecule has 3 heterocycles. The second-order valence-electron chi connectivity index (χ2n) is 4.22. The SMILES string of the molecule is NCC1(O)C[N+]2(Cl)CCC1CC2. The van der Waals surface area contributed by atoms with Gasteiger partial charge < -0.3 is 10.8 Å². The third-order valence-corrected chi connectivity index (χ3v) is 3.88. The van der Waals surface area contributed by atoms with E-state index in [-0.39, 0.29) is 0 Å². The van der Waals surface area contributed by atoms with Crippen LogP contribution in [0.3, 0.4) is 0 Å². The Hall–Kier alpha value is 0.170. The average molecular weight is 192 g/mol. The number of nitrogens with zero attached hydrogens (tertiary/aromatic N) is 1. The summed E-state index contributed by atoms with van der Waals surface area (Å²) < 4.78 is 0.504. The molecule has 3 fully saturated rings. The molecule has 3 rings (SSSR count). The van der Waals surface area contributed by atoms with Gasteiger partial charge in [-0.1, -0.05) is 0 Å². The normalized spacial score (nSPS) is 52.8. The van der Waals surface area contributed by atoms with E-state index in [0.717, 1.165) is 25.9 Å².